The average Bonchev–Trinajstić information content (AvgIpc) is 1.98. The summed E-state index contributed by atoms with van der Waals surface area (Å²) in [4.78, 5) is 0. The Morgan fingerprint density at radius 1 is 1.55 bits per heavy atom. The van der Waals surface area contributed by atoms with Gasteiger partial charge in [-0.25, -0.2) is 8.78 Å². The highest BCUT2D eigenvalue weighted by Gasteiger charge is 2.13. The monoisotopic (exact) mass is 159 g/mol. The zero-order valence-corrected chi connectivity index (χ0v) is 6.40. The Morgan fingerprint density at radius 3 is 2.82 bits per heavy atom. The lowest BCUT2D eigenvalue weighted by Crippen LogP contribution is -2.27. The topological polar surface area (TPSA) is 12.0 Å². The lowest BCUT2D eigenvalue weighted by atomic mass is 10.1. The number of halogens is 2. The van der Waals surface area contributed by atoms with E-state index in [2.05, 4.69) is 5.32 Å². The Balaban J connectivity index is 2.54. The molecule has 0 heterocycles. The van der Waals surface area contributed by atoms with Gasteiger partial charge in [0.2, 0.25) is 0 Å². The summed E-state index contributed by atoms with van der Waals surface area (Å²) in [5.41, 5.74) is 0. The molecule has 0 aromatic carbocycles. The standard InChI is InChI=1S/C8H11F2N/c1-2-11-6-3-4-7(9)8(10)5-6/h4-6,11H,2-3H2,1H3. The van der Waals surface area contributed by atoms with Gasteiger partial charge in [0, 0.05) is 6.04 Å². The van der Waals surface area contributed by atoms with E-state index in [1.165, 1.54) is 12.2 Å². The maximum atomic E-state index is 12.5. The molecule has 1 aliphatic rings. The van der Waals surface area contributed by atoms with Crippen LogP contribution in [0.3, 0.4) is 0 Å². The highest BCUT2D eigenvalue weighted by molar-refractivity contribution is 5.25. The zero-order chi connectivity index (χ0) is 8.27. The Hall–Kier alpha value is -0.700. The molecule has 0 spiro atoms. The van der Waals surface area contributed by atoms with Gasteiger partial charge in [-0.3, -0.25) is 0 Å². The number of rotatable bonds is 2. The van der Waals surface area contributed by atoms with Gasteiger partial charge < -0.3 is 5.32 Å². The largest absolute Gasteiger partial charge is 0.310 e. The fourth-order valence-electron chi connectivity index (χ4n) is 1.06. The highest BCUT2D eigenvalue weighted by atomic mass is 19.2. The van der Waals surface area contributed by atoms with Crippen LogP contribution < -0.4 is 5.32 Å². The molecule has 1 aliphatic carbocycles. The Bertz CT molecular complexity index is 196. The number of nitrogens with one attached hydrogen (secondary N) is 1. The van der Waals surface area contributed by atoms with Crippen LogP contribution in [0.4, 0.5) is 8.78 Å². The molecule has 0 aromatic heterocycles. The second kappa shape index (κ2) is 3.62. The average molecular weight is 159 g/mol. The summed E-state index contributed by atoms with van der Waals surface area (Å²) in [6, 6.07) is -0.0421. The van der Waals surface area contributed by atoms with Crippen molar-refractivity contribution in [2.24, 2.45) is 0 Å². The van der Waals surface area contributed by atoms with Crippen molar-refractivity contribution < 1.29 is 8.78 Å². The summed E-state index contributed by atoms with van der Waals surface area (Å²) in [5.74, 6) is -1.48. The van der Waals surface area contributed by atoms with Gasteiger partial charge in [0.25, 0.3) is 0 Å². The van der Waals surface area contributed by atoms with Crippen LogP contribution in [0, 0.1) is 0 Å². The predicted molar refractivity (Wildman–Crippen MR) is 40.5 cm³/mol. The van der Waals surface area contributed by atoms with Crippen molar-refractivity contribution in [1.29, 1.82) is 0 Å². The summed E-state index contributed by atoms with van der Waals surface area (Å²) in [5, 5.41) is 3.01. The molecule has 1 unspecified atom stereocenters. The van der Waals surface area contributed by atoms with E-state index < -0.39 is 11.7 Å². The van der Waals surface area contributed by atoms with Crippen molar-refractivity contribution in [3.63, 3.8) is 0 Å². The molecular weight excluding hydrogens is 148 g/mol. The molecule has 1 N–H and O–H groups in total. The van der Waals surface area contributed by atoms with Crippen LogP contribution >= 0.6 is 0 Å². The van der Waals surface area contributed by atoms with Gasteiger partial charge in [-0.15, -0.1) is 0 Å². The van der Waals surface area contributed by atoms with Gasteiger partial charge in [0.05, 0.1) is 0 Å². The minimum Gasteiger partial charge on any atom is -0.310 e. The molecule has 0 radical (unpaired) electrons. The van der Waals surface area contributed by atoms with Crippen molar-refractivity contribution in [2.45, 2.75) is 19.4 Å². The smallest absolute Gasteiger partial charge is 0.156 e. The molecule has 0 bridgehead atoms. The van der Waals surface area contributed by atoms with E-state index in [1.807, 2.05) is 6.92 Å². The SMILES string of the molecule is CCNC1C=C(F)C(F)=CC1. The second-order valence-corrected chi connectivity index (χ2v) is 2.47. The fraction of sp³-hybridized carbons (Fsp3) is 0.500. The lowest BCUT2D eigenvalue weighted by molar-refractivity contribution is 0.502. The first-order valence-corrected chi connectivity index (χ1v) is 3.70. The van der Waals surface area contributed by atoms with E-state index in [9.17, 15) is 8.78 Å². The molecule has 0 saturated carbocycles. The molecule has 0 aliphatic heterocycles. The van der Waals surface area contributed by atoms with E-state index in [-0.39, 0.29) is 6.04 Å². The molecule has 11 heavy (non-hydrogen) atoms. The first-order chi connectivity index (χ1) is 5.24. The zero-order valence-electron chi connectivity index (χ0n) is 6.40. The Morgan fingerprint density at radius 2 is 2.27 bits per heavy atom. The van der Waals surface area contributed by atoms with E-state index in [1.54, 1.807) is 0 Å². The van der Waals surface area contributed by atoms with E-state index in [4.69, 9.17) is 0 Å². The van der Waals surface area contributed by atoms with Crippen molar-refractivity contribution in [3.8, 4) is 0 Å². The molecule has 0 fully saturated rings. The van der Waals surface area contributed by atoms with Crippen LogP contribution in [0.5, 0.6) is 0 Å². The molecular formula is C8H11F2N. The minimum absolute atomic E-state index is 0.0421. The summed E-state index contributed by atoms with van der Waals surface area (Å²) >= 11 is 0. The molecule has 1 atom stereocenters. The highest BCUT2D eigenvalue weighted by Crippen LogP contribution is 2.20. The van der Waals surface area contributed by atoms with Gasteiger partial charge in [0.15, 0.2) is 11.7 Å². The quantitative estimate of drug-likeness (QED) is 0.650. The predicted octanol–water partition coefficient (Wildman–Crippen LogP) is 2.08. The van der Waals surface area contributed by atoms with Gasteiger partial charge in [-0.2, -0.15) is 0 Å². The summed E-state index contributed by atoms with van der Waals surface area (Å²) in [6.07, 6.45) is 3.08. The third-order valence-corrected chi connectivity index (χ3v) is 1.59. The molecule has 62 valence electrons. The molecule has 0 amide bonds. The fourth-order valence-corrected chi connectivity index (χ4v) is 1.06. The summed E-state index contributed by atoms with van der Waals surface area (Å²) in [6.45, 7) is 2.70. The third kappa shape index (κ3) is 2.12. The molecule has 1 nitrogen and oxygen atoms in total. The number of allylic oxidation sites excluding steroid dienone is 2. The van der Waals surface area contributed by atoms with E-state index >= 15 is 0 Å². The van der Waals surface area contributed by atoms with Gasteiger partial charge in [-0.1, -0.05) is 6.92 Å². The van der Waals surface area contributed by atoms with Crippen LogP contribution in [0.2, 0.25) is 0 Å². The van der Waals surface area contributed by atoms with Crippen LogP contribution in [-0.4, -0.2) is 12.6 Å². The number of hydrogen-bond donors (Lipinski definition) is 1. The number of hydrogen-bond acceptors (Lipinski definition) is 1. The van der Waals surface area contributed by atoms with Gasteiger partial charge >= 0.3 is 0 Å². The van der Waals surface area contributed by atoms with Crippen molar-refractivity contribution in [1.82, 2.24) is 5.32 Å². The Labute approximate surface area is 64.8 Å². The molecule has 0 aromatic rings. The number of likely N-dealkylation sites (N-methyl/N-ethyl adjacent to an activating group) is 1. The second-order valence-electron chi connectivity index (χ2n) is 2.47. The van der Waals surface area contributed by atoms with Crippen molar-refractivity contribution in [2.75, 3.05) is 6.54 Å². The van der Waals surface area contributed by atoms with Crippen molar-refractivity contribution >= 4 is 0 Å². The lowest BCUT2D eigenvalue weighted by Gasteiger charge is -2.14. The first-order valence-electron chi connectivity index (χ1n) is 3.70. The van der Waals surface area contributed by atoms with E-state index in [0.717, 1.165) is 6.54 Å². The van der Waals surface area contributed by atoms with E-state index in [0.29, 0.717) is 6.42 Å². The third-order valence-electron chi connectivity index (χ3n) is 1.59. The summed E-state index contributed by atoms with van der Waals surface area (Å²) in [7, 11) is 0. The van der Waals surface area contributed by atoms with Gasteiger partial charge in [0.1, 0.15) is 0 Å². The van der Waals surface area contributed by atoms with Crippen LogP contribution in [0.25, 0.3) is 0 Å². The molecule has 0 saturated heterocycles. The summed E-state index contributed by atoms with van der Waals surface area (Å²) < 4.78 is 24.9. The molecule has 3 heteroatoms. The van der Waals surface area contributed by atoms with Crippen LogP contribution in [0.1, 0.15) is 13.3 Å². The Kier molecular flexibility index (Phi) is 2.76. The maximum absolute atomic E-state index is 12.5. The van der Waals surface area contributed by atoms with Crippen LogP contribution in [-0.2, 0) is 0 Å². The van der Waals surface area contributed by atoms with Crippen molar-refractivity contribution in [3.05, 3.63) is 23.8 Å². The first kappa shape index (κ1) is 8.40. The maximum Gasteiger partial charge on any atom is 0.156 e. The van der Waals surface area contributed by atoms with Crippen LogP contribution in [0.15, 0.2) is 23.8 Å². The normalized spacial score (nSPS) is 24.5. The van der Waals surface area contributed by atoms with Gasteiger partial charge in [-0.05, 0) is 25.1 Å². The molecule has 1 rings (SSSR count). The minimum atomic E-state index is -0.748.